The molecule has 5 rings (SSSR count). The molecule has 0 amide bonds. The van der Waals surface area contributed by atoms with Gasteiger partial charge in [-0.1, -0.05) is 62.2 Å². The fourth-order valence-corrected chi connectivity index (χ4v) is 4.57. The Bertz CT molecular complexity index is 1420. The maximum atomic E-state index is 13.1. The largest absolute Gasteiger partial charge is 0.416 e. The van der Waals surface area contributed by atoms with Gasteiger partial charge in [0.25, 0.3) is 0 Å². The Hall–Kier alpha value is -3.94. The molecule has 1 atom stereocenters. The smallest absolute Gasteiger partial charge is 0.340 e. The molecule has 3 aromatic carbocycles. The predicted molar refractivity (Wildman–Crippen MR) is 130 cm³/mol. The summed E-state index contributed by atoms with van der Waals surface area (Å²) in [5.41, 5.74) is 4.18. The van der Waals surface area contributed by atoms with E-state index < -0.39 is 11.7 Å². The Kier molecular flexibility index (Phi) is 6.11. The van der Waals surface area contributed by atoms with Crippen LogP contribution in [0.5, 0.6) is 0 Å². The molecular formula is C27H24F3N5. The first-order valence-corrected chi connectivity index (χ1v) is 11.6. The van der Waals surface area contributed by atoms with E-state index in [2.05, 4.69) is 56.4 Å². The number of hydrogen-bond donors (Lipinski definition) is 1. The Morgan fingerprint density at radius 3 is 2.40 bits per heavy atom. The van der Waals surface area contributed by atoms with E-state index in [0.29, 0.717) is 5.82 Å². The number of tetrazole rings is 1. The van der Waals surface area contributed by atoms with E-state index in [4.69, 9.17) is 0 Å². The summed E-state index contributed by atoms with van der Waals surface area (Å²) in [6.45, 7) is 2.12. The zero-order valence-electron chi connectivity index (χ0n) is 19.1. The summed E-state index contributed by atoms with van der Waals surface area (Å²) in [6.07, 6.45) is 0.506. The number of aromatic nitrogens is 5. The molecule has 5 aromatic rings. The lowest BCUT2D eigenvalue weighted by atomic mass is 9.97. The quantitative estimate of drug-likeness (QED) is 0.269. The molecule has 5 nitrogen and oxygen atoms in total. The van der Waals surface area contributed by atoms with E-state index >= 15 is 0 Å². The highest BCUT2D eigenvalue weighted by molar-refractivity contribution is 5.89. The summed E-state index contributed by atoms with van der Waals surface area (Å²) in [5, 5.41) is 15.5. The predicted octanol–water partition coefficient (Wildman–Crippen LogP) is 7.29. The van der Waals surface area contributed by atoms with Gasteiger partial charge in [0.1, 0.15) is 0 Å². The molecular weight excluding hydrogens is 451 g/mol. The van der Waals surface area contributed by atoms with Crippen molar-refractivity contribution in [1.82, 2.24) is 25.2 Å². The summed E-state index contributed by atoms with van der Waals surface area (Å²) in [7, 11) is 0. The Morgan fingerprint density at radius 1 is 0.943 bits per heavy atom. The number of nitrogens with one attached hydrogen (secondary N) is 1. The van der Waals surface area contributed by atoms with Crippen molar-refractivity contribution >= 4 is 10.9 Å². The van der Waals surface area contributed by atoms with Gasteiger partial charge in [-0.25, -0.2) is 0 Å². The molecule has 1 unspecified atom stereocenters. The van der Waals surface area contributed by atoms with Gasteiger partial charge < -0.3 is 4.57 Å². The number of fused-ring (bicyclic) bond motifs is 1. The van der Waals surface area contributed by atoms with Crippen LogP contribution in [0.1, 0.15) is 43.4 Å². The maximum Gasteiger partial charge on any atom is 0.416 e. The van der Waals surface area contributed by atoms with Gasteiger partial charge >= 0.3 is 6.18 Å². The van der Waals surface area contributed by atoms with E-state index in [-0.39, 0.29) is 6.04 Å². The lowest BCUT2D eigenvalue weighted by molar-refractivity contribution is -0.137. The van der Waals surface area contributed by atoms with E-state index in [1.54, 1.807) is 12.1 Å². The van der Waals surface area contributed by atoms with Crippen molar-refractivity contribution in [2.24, 2.45) is 0 Å². The Labute approximate surface area is 200 Å². The van der Waals surface area contributed by atoms with Crippen molar-refractivity contribution in [1.29, 1.82) is 0 Å². The van der Waals surface area contributed by atoms with Crippen molar-refractivity contribution in [3.63, 3.8) is 0 Å². The number of hydrogen-bond acceptors (Lipinski definition) is 3. The van der Waals surface area contributed by atoms with Gasteiger partial charge in [-0.15, -0.1) is 10.2 Å². The first-order valence-electron chi connectivity index (χ1n) is 11.6. The highest BCUT2D eigenvalue weighted by Gasteiger charge is 2.30. The molecule has 35 heavy (non-hydrogen) atoms. The zero-order chi connectivity index (χ0) is 24.4. The summed E-state index contributed by atoms with van der Waals surface area (Å²) < 4.78 is 41.4. The fourth-order valence-electron chi connectivity index (χ4n) is 4.57. The average molecular weight is 476 g/mol. The van der Waals surface area contributed by atoms with Gasteiger partial charge in [0.05, 0.1) is 11.6 Å². The summed E-state index contributed by atoms with van der Waals surface area (Å²) >= 11 is 0. The van der Waals surface area contributed by atoms with Crippen LogP contribution in [0.25, 0.3) is 33.4 Å². The highest BCUT2D eigenvalue weighted by atomic mass is 19.4. The summed E-state index contributed by atoms with van der Waals surface area (Å²) in [5.74, 6) is 0.528. The zero-order valence-corrected chi connectivity index (χ0v) is 19.1. The third kappa shape index (κ3) is 4.56. The van der Waals surface area contributed by atoms with Crippen molar-refractivity contribution in [2.75, 3.05) is 0 Å². The molecule has 0 aliphatic heterocycles. The SMILES string of the molecule is CCCCC(c1ccc(C(F)(F)F)cc1)n1ccc2cc(-c3ccccc3-c3nn[nH]n3)ccc21. The van der Waals surface area contributed by atoms with Crippen LogP contribution in [-0.2, 0) is 6.18 Å². The molecule has 0 spiro atoms. The van der Waals surface area contributed by atoms with E-state index in [1.807, 2.05) is 30.5 Å². The van der Waals surface area contributed by atoms with Crippen LogP contribution in [0.15, 0.2) is 79.0 Å². The van der Waals surface area contributed by atoms with Crippen molar-refractivity contribution in [3.8, 4) is 22.5 Å². The number of nitrogens with zero attached hydrogens (tertiary/aromatic N) is 4. The van der Waals surface area contributed by atoms with Crippen LogP contribution in [0.2, 0.25) is 0 Å². The van der Waals surface area contributed by atoms with Gasteiger partial charge in [-0.3, -0.25) is 0 Å². The molecule has 0 saturated heterocycles. The molecule has 0 radical (unpaired) electrons. The maximum absolute atomic E-state index is 13.1. The first kappa shape index (κ1) is 22.8. The van der Waals surface area contributed by atoms with E-state index in [0.717, 1.165) is 52.4 Å². The third-order valence-corrected chi connectivity index (χ3v) is 6.33. The van der Waals surface area contributed by atoms with Gasteiger partial charge in [0, 0.05) is 22.7 Å². The number of alkyl halides is 3. The third-order valence-electron chi connectivity index (χ3n) is 6.33. The molecule has 1 N–H and O–H groups in total. The van der Waals surface area contributed by atoms with Gasteiger partial charge in [-0.2, -0.15) is 18.4 Å². The standard InChI is InChI=1S/C27H24F3N5/c1-2-3-8-24(18-9-12-21(13-10-18)27(28,29)30)35-16-15-20-17-19(11-14-25(20)35)22-6-4-5-7-23(22)26-31-33-34-32-26/h4-7,9-17,24H,2-3,8H2,1H3,(H,31,32,33,34). The second-order valence-electron chi connectivity index (χ2n) is 8.56. The lowest BCUT2D eigenvalue weighted by Crippen LogP contribution is -2.11. The molecule has 178 valence electrons. The van der Waals surface area contributed by atoms with Crippen molar-refractivity contribution < 1.29 is 13.2 Å². The van der Waals surface area contributed by atoms with Gasteiger partial charge in [0.2, 0.25) is 5.82 Å². The first-order chi connectivity index (χ1) is 17.0. The minimum absolute atomic E-state index is 0.0489. The number of aromatic amines is 1. The number of benzene rings is 3. The fraction of sp³-hybridized carbons (Fsp3) is 0.222. The molecule has 0 bridgehead atoms. The number of rotatable bonds is 7. The lowest BCUT2D eigenvalue weighted by Gasteiger charge is -2.21. The van der Waals surface area contributed by atoms with Gasteiger partial charge in [0.15, 0.2) is 0 Å². The minimum Gasteiger partial charge on any atom is -0.340 e. The number of unbranched alkanes of at least 4 members (excludes halogenated alkanes) is 1. The molecule has 0 aliphatic carbocycles. The van der Waals surface area contributed by atoms with Crippen LogP contribution in [0, 0.1) is 0 Å². The molecule has 0 fully saturated rings. The van der Waals surface area contributed by atoms with Gasteiger partial charge in [-0.05, 0) is 58.7 Å². The number of halogens is 3. The summed E-state index contributed by atoms with van der Waals surface area (Å²) in [6, 6.07) is 21.7. The molecule has 2 aromatic heterocycles. The summed E-state index contributed by atoms with van der Waals surface area (Å²) in [4.78, 5) is 0. The molecule has 0 saturated carbocycles. The Balaban J connectivity index is 1.54. The van der Waals surface area contributed by atoms with E-state index in [9.17, 15) is 13.2 Å². The normalized spacial score (nSPS) is 12.8. The van der Waals surface area contributed by atoms with Crippen LogP contribution in [0.4, 0.5) is 13.2 Å². The van der Waals surface area contributed by atoms with Crippen molar-refractivity contribution in [2.45, 2.75) is 38.4 Å². The molecule has 8 heteroatoms. The van der Waals surface area contributed by atoms with Crippen molar-refractivity contribution in [3.05, 3.63) is 90.1 Å². The Morgan fingerprint density at radius 2 is 1.71 bits per heavy atom. The number of H-pyrrole nitrogens is 1. The highest BCUT2D eigenvalue weighted by Crippen LogP contribution is 2.36. The van der Waals surface area contributed by atoms with Crippen LogP contribution < -0.4 is 0 Å². The molecule has 2 heterocycles. The van der Waals surface area contributed by atoms with Crippen LogP contribution >= 0.6 is 0 Å². The van der Waals surface area contributed by atoms with E-state index in [1.165, 1.54) is 12.1 Å². The van der Waals surface area contributed by atoms with Crippen LogP contribution in [-0.4, -0.2) is 25.2 Å². The second kappa shape index (κ2) is 9.37. The average Bonchev–Trinajstić information content (AvgIpc) is 3.54. The molecule has 0 aliphatic rings. The topological polar surface area (TPSA) is 59.4 Å². The van der Waals surface area contributed by atoms with Crippen LogP contribution in [0.3, 0.4) is 0 Å². The minimum atomic E-state index is -4.34. The monoisotopic (exact) mass is 475 g/mol. The second-order valence-corrected chi connectivity index (χ2v) is 8.56.